The van der Waals surface area contributed by atoms with Gasteiger partial charge in [0.2, 0.25) is 0 Å². The molecule has 2 aliphatic rings. The van der Waals surface area contributed by atoms with Gasteiger partial charge in [-0.2, -0.15) is 0 Å². The third kappa shape index (κ3) is 8.88. The van der Waals surface area contributed by atoms with Gasteiger partial charge < -0.3 is 24.3 Å². The van der Waals surface area contributed by atoms with E-state index in [1.807, 2.05) is 36.4 Å². The summed E-state index contributed by atoms with van der Waals surface area (Å²) in [6.45, 7) is 8.06. The Morgan fingerprint density at radius 3 is 2.57 bits per heavy atom. The van der Waals surface area contributed by atoms with E-state index in [9.17, 15) is 9.00 Å². The van der Waals surface area contributed by atoms with Gasteiger partial charge >= 0.3 is 0 Å². The van der Waals surface area contributed by atoms with Crippen LogP contribution in [0.15, 0.2) is 89.7 Å². The molecule has 2 aliphatic heterocycles. The highest BCUT2D eigenvalue weighted by Crippen LogP contribution is 2.38. The van der Waals surface area contributed by atoms with Gasteiger partial charge in [-0.3, -0.25) is 9.00 Å². The molecule has 3 heterocycles. The first-order valence-corrected chi connectivity index (χ1v) is 19.0. The van der Waals surface area contributed by atoms with Crippen molar-refractivity contribution in [3.05, 3.63) is 96.1 Å². The van der Waals surface area contributed by atoms with Gasteiger partial charge in [-0.25, -0.2) is 4.98 Å². The summed E-state index contributed by atoms with van der Waals surface area (Å²) in [4.78, 5) is 21.2. The molecule has 3 aromatic carbocycles. The highest BCUT2D eigenvalue weighted by molar-refractivity contribution is 7.84. The Balaban J connectivity index is 1.15. The van der Waals surface area contributed by atoms with E-state index in [2.05, 4.69) is 70.0 Å². The fourth-order valence-electron chi connectivity index (χ4n) is 6.67. The summed E-state index contributed by atoms with van der Waals surface area (Å²) in [6, 6.07) is 22.6. The summed E-state index contributed by atoms with van der Waals surface area (Å²) >= 11 is 0. The van der Waals surface area contributed by atoms with Gasteiger partial charge in [-0.15, -0.1) is 0 Å². The number of amides is 1. The number of unbranched alkanes of at least 4 members (excludes halogenated alkanes) is 1. The summed E-state index contributed by atoms with van der Waals surface area (Å²) in [7, 11) is -1.21. The lowest BCUT2D eigenvalue weighted by molar-refractivity contribution is -0.112. The van der Waals surface area contributed by atoms with Crippen molar-refractivity contribution in [2.75, 3.05) is 36.6 Å². The molecule has 0 saturated carbocycles. The largest absolute Gasteiger partial charge is 0.491 e. The smallest absolute Gasteiger partial charge is 0.251 e. The summed E-state index contributed by atoms with van der Waals surface area (Å²) < 4.78 is 26.7. The Bertz CT molecular complexity index is 1750. The number of aromatic nitrogens is 2. The van der Waals surface area contributed by atoms with E-state index >= 15 is 0 Å². The maximum absolute atomic E-state index is 13.7. The molecule has 1 aromatic heterocycles. The third-order valence-corrected chi connectivity index (χ3v) is 10.7. The van der Waals surface area contributed by atoms with E-state index in [1.54, 1.807) is 12.5 Å². The molecule has 0 aliphatic carbocycles. The standard InChI is InChI=1S/C40H48N4O4S/c1-3-5-22-47-23-24-48-37-15-9-30(10-16-37)31-11-19-39-33(25-31)26-32(8-14-35-7-6-21-44(35)39)40(45)42-34-12-17-38(18-13-34)49(46)28-36-27-41-29-43(36)20-4-2/h9-13,15-19,25-27,29,35H,3-8,14,20-24,28H2,1-2H3,(H,42,45)/b32-26+. The number of carbonyl (C=O) groups is 1. The molecule has 0 radical (unpaired) electrons. The van der Waals surface area contributed by atoms with E-state index in [0.717, 1.165) is 96.8 Å². The minimum absolute atomic E-state index is 0.0969. The molecule has 6 rings (SSSR count). The number of ether oxygens (including phenoxy) is 2. The predicted molar refractivity (Wildman–Crippen MR) is 198 cm³/mol. The van der Waals surface area contributed by atoms with Crippen LogP contribution in [0.4, 0.5) is 11.4 Å². The lowest BCUT2D eigenvalue weighted by atomic mass is 9.94. The van der Waals surface area contributed by atoms with Gasteiger partial charge in [0.25, 0.3) is 5.91 Å². The van der Waals surface area contributed by atoms with E-state index in [1.165, 1.54) is 5.69 Å². The van der Waals surface area contributed by atoms with Crippen molar-refractivity contribution in [2.24, 2.45) is 0 Å². The van der Waals surface area contributed by atoms with Crippen LogP contribution >= 0.6 is 0 Å². The van der Waals surface area contributed by atoms with Crippen molar-refractivity contribution in [3.63, 3.8) is 0 Å². The van der Waals surface area contributed by atoms with Crippen LogP contribution in [0.25, 0.3) is 17.2 Å². The van der Waals surface area contributed by atoms with Crippen molar-refractivity contribution >= 4 is 34.2 Å². The second-order valence-corrected chi connectivity index (χ2v) is 14.3. The number of aryl methyl sites for hydroxylation is 1. The Labute approximate surface area is 293 Å². The molecule has 2 unspecified atom stereocenters. The quantitative estimate of drug-likeness (QED) is 0.127. The van der Waals surface area contributed by atoms with Crippen LogP contribution in [0.2, 0.25) is 0 Å². The lowest BCUT2D eigenvalue weighted by Gasteiger charge is -2.31. The maximum Gasteiger partial charge on any atom is 0.251 e. The Morgan fingerprint density at radius 2 is 1.78 bits per heavy atom. The fourth-order valence-corrected chi connectivity index (χ4v) is 7.78. The fraction of sp³-hybridized carbons (Fsp3) is 0.400. The van der Waals surface area contributed by atoms with Gasteiger partial charge in [-0.05, 0) is 110 Å². The molecule has 9 heteroatoms. The molecule has 0 spiro atoms. The zero-order valence-corrected chi connectivity index (χ0v) is 29.6. The van der Waals surface area contributed by atoms with E-state index in [4.69, 9.17) is 9.47 Å². The average molecular weight is 681 g/mol. The number of imidazole rings is 1. The van der Waals surface area contributed by atoms with Gasteiger partial charge in [0.1, 0.15) is 12.4 Å². The number of fused-ring (bicyclic) bond motifs is 3. The monoisotopic (exact) mass is 680 g/mol. The second-order valence-electron chi connectivity index (χ2n) is 12.9. The molecule has 1 saturated heterocycles. The van der Waals surface area contributed by atoms with Gasteiger partial charge in [0.05, 0.1) is 35.2 Å². The second kappa shape index (κ2) is 16.9. The van der Waals surface area contributed by atoms with Crippen LogP contribution in [0.3, 0.4) is 0 Å². The number of rotatable bonds is 15. The van der Waals surface area contributed by atoms with Crippen LogP contribution in [0, 0.1) is 0 Å². The SMILES string of the molecule is CCCCOCCOc1ccc(-c2ccc3c(c2)/C=C(/C(=O)Nc2ccc(S(=O)Cc4cncn4CCC)cc2)CCC2CCCN32)cc1. The highest BCUT2D eigenvalue weighted by atomic mass is 32.2. The predicted octanol–water partition coefficient (Wildman–Crippen LogP) is 8.25. The first-order chi connectivity index (χ1) is 24.0. The molecule has 49 heavy (non-hydrogen) atoms. The number of nitrogens with zero attached hydrogens (tertiary/aromatic N) is 3. The molecule has 2 atom stereocenters. The van der Waals surface area contributed by atoms with E-state index < -0.39 is 10.8 Å². The number of hydrogen-bond acceptors (Lipinski definition) is 6. The number of carbonyl (C=O) groups excluding carboxylic acids is 1. The molecule has 1 amide bonds. The summed E-state index contributed by atoms with van der Waals surface area (Å²) in [6.07, 6.45) is 12.8. The Kier molecular flexibility index (Phi) is 12.0. The number of hydrogen-bond donors (Lipinski definition) is 1. The summed E-state index contributed by atoms with van der Waals surface area (Å²) in [5, 5.41) is 3.11. The topological polar surface area (TPSA) is 85.7 Å². The van der Waals surface area contributed by atoms with E-state index in [-0.39, 0.29) is 5.91 Å². The van der Waals surface area contributed by atoms with Gasteiger partial charge in [0, 0.05) is 53.8 Å². The Hall–Kier alpha value is -4.21. The van der Waals surface area contributed by atoms with Crippen molar-refractivity contribution < 1.29 is 18.5 Å². The average Bonchev–Trinajstić information content (AvgIpc) is 3.77. The minimum Gasteiger partial charge on any atom is -0.491 e. The number of nitrogens with one attached hydrogen (secondary N) is 1. The van der Waals surface area contributed by atoms with Crippen molar-refractivity contribution in [1.82, 2.24) is 9.55 Å². The molecule has 1 fully saturated rings. The van der Waals surface area contributed by atoms with Crippen LogP contribution < -0.4 is 15.0 Å². The maximum atomic E-state index is 13.7. The van der Waals surface area contributed by atoms with Crippen LogP contribution in [0.5, 0.6) is 5.75 Å². The molecule has 0 bridgehead atoms. The molecular weight excluding hydrogens is 633 g/mol. The minimum atomic E-state index is -1.21. The first kappa shape index (κ1) is 34.6. The van der Waals surface area contributed by atoms with Crippen LogP contribution in [0.1, 0.15) is 70.1 Å². The third-order valence-electron chi connectivity index (χ3n) is 9.33. The Morgan fingerprint density at radius 1 is 0.959 bits per heavy atom. The number of benzene rings is 3. The zero-order chi connectivity index (χ0) is 34.0. The van der Waals surface area contributed by atoms with Crippen molar-refractivity contribution in [3.8, 4) is 16.9 Å². The molecule has 8 nitrogen and oxygen atoms in total. The van der Waals surface area contributed by atoms with Gasteiger partial charge in [0.15, 0.2) is 0 Å². The zero-order valence-electron chi connectivity index (χ0n) is 28.7. The lowest BCUT2D eigenvalue weighted by Crippen LogP contribution is -2.31. The molecule has 258 valence electrons. The molecule has 4 aromatic rings. The van der Waals surface area contributed by atoms with Crippen molar-refractivity contribution in [2.45, 2.75) is 82.0 Å². The highest BCUT2D eigenvalue weighted by Gasteiger charge is 2.29. The summed E-state index contributed by atoms with van der Waals surface area (Å²) in [5.74, 6) is 1.14. The summed E-state index contributed by atoms with van der Waals surface area (Å²) in [5.41, 5.74) is 6.87. The van der Waals surface area contributed by atoms with Crippen molar-refractivity contribution in [1.29, 1.82) is 0 Å². The molecule has 1 N–H and O–H groups in total. The van der Waals surface area contributed by atoms with E-state index in [0.29, 0.717) is 37.1 Å². The normalized spacial score (nSPS) is 17.3. The van der Waals surface area contributed by atoms with Crippen LogP contribution in [-0.4, -0.2) is 52.1 Å². The van der Waals surface area contributed by atoms with Gasteiger partial charge in [-0.1, -0.05) is 38.5 Å². The number of anilines is 2. The first-order valence-electron chi connectivity index (χ1n) is 17.7. The van der Waals surface area contributed by atoms with Crippen LogP contribution in [-0.2, 0) is 32.6 Å². The molecular formula is C40H48N4O4S.